The molecule has 0 bridgehead atoms. The van der Waals surface area contributed by atoms with Gasteiger partial charge in [-0.1, -0.05) is 13.3 Å². The lowest BCUT2D eigenvalue weighted by Crippen LogP contribution is -2.11. The summed E-state index contributed by atoms with van der Waals surface area (Å²) in [6, 6.07) is 4.48. The van der Waals surface area contributed by atoms with Crippen LogP contribution in [-0.4, -0.2) is 14.5 Å². The van der Waals surface area contributed by atoms with E-state index in [-0.39, 0.29) is 11.0 Å². The molecule has 96 valence electrons. The molecule has 0 fully saturated rings. The minimum Gasteiger partial charge on any atom is -0.490 e. The molecule has 1 atom stereocenters. The van der Waals surface area contributed by atoms with Crippen molar-refractivity contribution in [3.63, 3.8) is 0 Å². The Kier molecular flexibility index (Phi) is 5.28. The molecule has 0 amide bonds. The zero-order valence-electron chi connectivity index (χ0n) is 9.61. The van der Waals surface area contributed by atoms with Gasteiger partial charge in [0, 0.05) is 10.7 Å². The van der Waals surface area contributed by atoms with Crippen LogP contribution in [0.25, 0.3) is 0 Å². The molecule has 0 aliphatic carbocycles. The number of halogens is 2. The van der Waals surface area contributed by atoms with Crippen molar-refractivity contribution < 1.29 is 13.2 Å². The fraction of sp³-hybridized carbons (Fsp3) is 0.455. The van der Waals surface area contributed by atoms with Gasteiger partial charge in [0.05, 0.1) is 15.5 Å². The van der Waals surface area contributed by atoms with Crippen LogP contribution in [-0.2, 0) is 9.05 Å². The Bertz CT molecular complexity index is 487. The van der Waals surface area contributed by atoms with E-state index in [1.807, 2.05) is 6.92 Å². The zero-order valence-corrected chi connectivity index (χ0v) is 12.8. The summed E-state index contributed by atoms with van der Waals surface area (Å²) in [4.78, 5) is 0.0570. The summed E-state index contributed by atoms with van der Waals surface area (Å²) in [6.45, 7) is 4.06. The maximum absolute atomic E-state index is 11.1. The van der Waals surface area contributed by atoms with E-state index in [1.54, 1.807) is 6.07 Å². The second-order valence-electron chi connectivity index (χ2n) is 3.75. The predicted molar refractivity (Wildman–Crippen MR) is 72.2 cm³/mol. The van der Waals surface area contributed by atoms with Gasteiger partial charge in [0.15, 0.2) is 0 Å². The van der Waals surface area contributed by atoms with E-state index in [9.17, 15) is 8.42 Å². The Morgan fingerprint density at radius 1 is 1.47 bits per heavy atom. The van der Waals surface area contributed by atoms with Crippen molar-refractivity contribution in [3.05, 3.63) is 22.7 Å². The van der Waals surface area contributed by atoms with Crippen molar-refractivity contribution in [3.8, 4) is 5.75 Å². The van der Waals surface area contributed by atoms with E-state index in [0.717, 1.165) is 12.8 Å². The molecule has 0 saturated carbocycles. The number of benzene rings is 1. The van der Waals surface area contributed by atoms with E-state index < -0.39 is 9.05 Å². The second kappa shape index (κ2) is 6.07. The minimum atomic E-state index is -3.69. The molecule has 0 radical (unpaired) electrons. The van der Waals surface area contributed by atoms with Gasteiger partial charge in [-0.05, 0) is 47.5 Å². The highest BCUT2D eigenvalue weighted by atomic mass is 79.9. The van der Waals surface area contributed by atoms with Gasteiger partial charge < -0.3 is 4.74 Å². The number of hydrogen-bond donors (Lipinski definition) is 0. The Labute approximate surface area is 115 Å². The molecular formula is C11H14BrClO3S. The molecule has 0 spiro atoms. The van der Waals surface area contributed by atoms with E-state index in [1.165, 1.54) is 12.1 Å². The minimum absolute atomic E-state index is 0.0570. The van der Waals surface area contributed by atoms with Gasteiger partial charge in [0.2, 0.25) is 0 Å². The third-order valence-corrected chi connectivity index (χ3v) is 4.18. The van der Waals surface area contributed by atoms with Gasteiger partial charge in [-0.15, -0.1) is 0 Å². The molecule has 1 aromatic carbocycles. The first-order valence-corrected chi connectivity index (χ1v) is 8.35. The van der Waals surface area contributed by atoms with Crippen LogP contribution in [0, 0.1) is 0 Å². The Hall–Kier alpha value is -0.260. The third-order valence-electron chi connectivity index (χ3n) is 2.21. The summed E-state index contributed by atoms with van der Waals surface area (Å²) < 4.78 is 28.5. The van der Waals surface area contributed by atoms with E-state index in [0.29, 0.717) is 10.2 Å². The van der Waals surface area contributed by atoms with Gasteiger partial charge in [0.1, 0.15) is 5.75 Å². The van der Waals surface area contributed by atoms with Crippen molar-refractivity contribution in [1.82, 2.24) is 0 Å². The topological polar surface area (TPSA) is 43.4 Å². The Morgan fingerprint density at radius 3 is 2.59 bits per heavy atom. The van der Waals surface area contributed by atoms with Crippen LogP contribution in [0.4, 0.5) is 0 Å². The second-order valence-corrected chi connectivity index (χ2v) is 7.17. The summed E-state index contributed by atoms with van der Waals surface area (Å²) in [7, 11) is 1.55. The maximum atomic E-state index is 11.1. The normalized spacial score (nSPS) is 13.4. The molecule has 17 heavy (non-hydrogen) atoms. The van der Waals surface area contributed by atoms with Crippen molar-refractivity contribution in [1.29, 1.82) is 0 Å². The molecular weight excluding hydrogens is 328 g/mol. The highest BCUT2D eigenvalue weighted by Crippen LogP contribution is 2.30. The van der Waals surface area contributed by atoms with Crippen molar-refractivity contribution >= 4 is 35.7 Å². The largest absolute Gasteiger partial charge is 0.490 e. The third kappa shape index (κ3) is 4.48. The molecule has 1 rings (SSSR count). The lowest BCUT2D eigenvalue weighted by molar-refractivity contribution is 0.208. The van der Waals surface area contributed by atoms with Crippen LogP contribution < -0.4 is 4.74 Å². The van der Waals surface area contributed by atoms with Gasteiger partial charge in [-0.2, -0.15) is 0 Å². The average molecular weight is 342 g/mol. The quantitative estimate of drug-likeness (QED) is 0.762. The zero-order chi connectivity index (χ0) is 13.1. The average Bonchev–Trinajstić information content (AvgIpc) is 2.20. The fourth-order valence-corrected chi connectivity index (χ4v) is 2.81. The maximum Gasteiger partial charge on any atom is 0.261 e. The Balaban J connectivity index is 2.91. The van der Waals surface area contributed by atoms with Crippen LogP contribution >= 0.6 is 26.6 Å². The number of ether oxygens (including phenoxy) is 1. The molecule has 3 nitrogen and oxygen atoms in total. The summed E-state index contributed by atoms with van der Waals surface area (Å²) in [5.41, 5.74) is 0. The molecule has 6 heteroatoms. The van der Waals surface area contributed by atoms with Crippen molar-refractivity contribution in [2.24, 2.45) is 0 Å². The van der Waals surface area contributed by atoms with Gasteiger partial charge >= 0.3 is 0 Å². The first-order valence-electron chi connectivity index (χ1n) is 5.25. The molecule has 0 heterocycles. The van der Waals surface area contributed by atoms with Crippen LogP contribution in [0.3, 0.4) is 0 Å². The Morgan fingerprint density at radius 2 is 2.12 bits per heavy atom. The van der Waals surface area contributed by atoms with E-state index >= 15 is 0 Å². The highest BCUT2D eigenvalue weighted by Gasteiger charge is 2.13. The molecule has 1 aromatic rings. The molecule has 0 aliphatic rings. The summed E-state index contributed by atoms with van der Waals surface area (Å²) in [5.74, 6) is 0.620. The lowest BCUT2D eigenvalue weighted by Gasteiger charge is -2.15. The predicted octanol–water partition coefficient (Wildman–Crippen LogP) is 3.94. The van der Waals surface area contributed by atoms with Gasteiger partial charge in [0.25, 0.3) is 9.05 Å². The van der Waals surface area contributed by atoms with Crippen LogP contribution in [0.5, 0.6) is 5.75 Å². The monoisotopic (exact) mass is 340 g/mol. The molecule has 0 saturated heterocycles. The SMILES string of the molecule is CCCC(C)Oc1ccc(S(=O)(=O)Cl)cc1Br. The first kappa shape index (κ1) is 14.8. The summed E-state index contributed by atoms with van der Waals surface area (Å²) >= 11 is 3.27. The lowest BCUT2D eigenvalue weighted by atomic mass is 10.2. The smallest absolute Gasteiger partial charge is 0.261 e. The molecule has 0 aromatic heterocycles. The molecule has 1 unspecified atom stereocenters. The van der Waals surface area contributed by atoms with Gasteiger partial charge in [-0.3, -0.25) is 0 Å². The highest BCUT2D eigenvalue weighted by molar-refractivity contribution is 9.10. The van der Waals surface area contributed by atoms with Crippen LogP contribution in [0.15, 0.2) is 27.6 Å². The fourth-order valence-electron chi connectivity index (χ4n) is 1.41. The molecule has 0 aliphatic heterocycles. The van der Waals surface area contributed by atoms with E-state index in [4.69, 9.17) is 15.4 Å². The van der Waals surface area contributed by atoms with E-state index in [2.05, 4.69) is 22.9 Å². The number of rotatable bonds is 5. The van der Waals surface area contributed by atoms with Crippen molar-refractivity contribution in [2.45, 2.75) is 37.7 Å². The first-order chi connectivity index (χ1) is 7.84. The summed E-state index contributed by atoms with van der Waals surface area (Å²) in [5, 5.41) is 0. The molecule has 0 N–H and O–H groups in total. The standard InChI is InChI=1S/C11H14BrClO3S/c1-3-4-8(2)16-11-6-5-9(7-10(11)12)17(13,14)15/h5-8H,3-4H2,1-2H3. The van der Waals surface area contributed by atoms with Crippen molar-refractivity contribution in [2.75, 3.05) is 0 Å². The van der Waals surface area contributed by atoms with Crippen LogP contribution in [0.1, 0.15) is 26.7 Å². The van der Waals surface area contributed by atoms with Crippen LogP contribution in [0.2, 0.25) is 0 Å². The summed E-state index contributed by atoms with van der Waals surface area (Å²) in [6.07, 6.45) is 2.07. The number of hydrogen-bond acceptors (Lipinski definition) is 3. The van der Waals surface area contributed by atoms with Gasteiger partial charge in [-0.25, -0.2) is 8.42 Å².